The molecule has 0 saturated heterocycles. The van der Waals surface area contributed by atoms with Gasteiger partial charge in [-0.05, 0) is 20.8 Å². The SMILES string of the molecule is CC1=NC=C(C(C)(C)O)SC1. The Morgan fingerprint density at radius 2 is 2.27 bits per heavy atom. The van der Waals surface area contributed by atoms with Crippen molar-refractivity contribution in [2.45, 2.75) is 26.4 Å². The van der Waals surface area contributed by atoms with E-state index < -0.39 is 5.60 Å². The van der Waals surface area contributed by atoms with E-state index in [0.717, 1.165) is 16.4 Å². The number of rotatable bonds is 1. The van der Waals surface area contributed by atoms with Gasteiger partial charge >= 0.3 is 0 Å². The summed E-state index contributed by atoms with van der Waals surface area (Å²) in [7, 11) is 0. The van der Waals surface area contributed by atoms with Gasteiger partial charge in [0.05, 0.1) is 5.60 Å². The molecule has 0 saturated carbocycles. The second-order valence-corrected chi connectivity index (χ2v) is 4.22. The van der Waals surface area contributed by atoms with E-state index in [-0.39, 0.29) is 0 Å². The van der Waals surface area contributed by atoms with Gasteiger partial charge in [0, 0.05) is 22.6 Å². The molecule has 0 unspecified atom stereocenters. The molecule has 1 rings (SSSR count). The Balaban J connectivity index is 2.77. The second-order valence-electron chi connectivity index (χ2n) is 3.21. The van der Waals surface area contributed by atoms with Crippen molar-refractivity contribution in [1.29, 1.82) is 0 Å². The Hall–Kier alpha value is -0.280. The maximum Gasteiger partial charge on any atom is 0.0913 e. The molecule has 1 aliphatic heterocycles. The van der Waals surface area contributed by atoms with Crippen LogP contribution in [-0.4, -0.2) is 22.2 Å². The smallest absolute Gasteiger partial charge is 0.0913 e. The Morgan fingerprint density at radius 3 is 2.64 bits per heavy atom. The summed E-state index contributed by atoms with van der Waals surface area (Å²) in [6.45, 7) is 5.55. The van der Waals surface area contributed by atoms with E-state index >= 15 is 0 Å². The monoisotopic (exact) mass is 171 g/mol. The lowest BCUT2D eigenvalue weighted by atomic mass is 10.1. The van der Waals surface area contributed by atoms with Crippen molar-refractivity contribution in [2.75, 3.05) is 5.75 Å². The third-order valence-electron chi connectivity index (χ3n) is 1.44. The van der Waals surface area contributed by atoms with Crippen LogP contribution in [0.5, 0.6) is 0 Å². The fourth-order valence-electron chi connectivity index (χ4n) is 0.760. The number of hydrogen-bond acceptors (Lipinski definition) is 3. The van der Waals surface area contributed by atoms with E-state index in [0.29, 0.717) is 0 Å². The zero-order chi connectivity index (χ0) is 8.48. The highest BCUT2D eigenvalue weighted by molar-refractivity contribution is 8.03. The summed E-state index contributed by atoms with van der Waals surface area (Å²) in [4.78, 5) is 5.10. The third kappa shape index (κ3) is 2.34. The van der Waals surface area contributed by atoms with Crippen molar-refractivity contribution >= 4 is 17.5 Å². The first-order chi connectivity index (χ1) is 5.00. The fraction of sp³-hybridized carbons (Fsp3) is 0.625. The molecule has 0 radical (unpaired) electrons. The molecule has 1 aliphatic rings. The average molecular weight is 171 g/mol. The highest BCUT2D eigenvalue weighted by Gasteiger charge is 2.21. The van der Waals surface area contributed by atoms with Gasteiger partial charge in [-0.25, -0.2) is 0 Å². The van der Waals surface area contributed by atoms with Gasteiger partial charge < -0.3 is 5.11 Å². The lowest BCUT2D eigenvalue weighted by Gasteiger charge is -2.22. The molecule has 0 aromatic rings. The normalized spacial score (nSPS) is 19.3. The topological polar surface area (TPSA) is 32.6 Å². The van der Waals surface area contributed by atoms with Crippen molar-refractivity contribution in [3.05, 3.63) is 11.1 Å². The number of aliphatic hydroxyl groups is 1. The van der Waals surface area contributed by atoms with Crippen LogP contribution in [0.25, 0.3) is 0 Å². The molecule has 0 bridgehead atoms. The Morgan fingerprint density at radius 1 is 1.64 bits per heavy atom. The summed E-state index contributed by atoms with van der Waals surface area (Å²) in [6.07, 6.45) is 1.75. The Bertz CT molecular complexity index is 213. The van der Waals surface area contributed by atoms with Crippen molar-refractivity contribution in [3.63, 3.8) is 0 Å². The molecule has 11 heavy (non-hydrogen) atoms. The number of aliphatic imine (C=N–C) groups is 1. The van der Waals surface area contributed by atoms with Gasteiger partial charge in [0.25, 0.3) is 0 Å². The molecule has 0 aliphatic carbocycles. The summed E-state index contributed by atoms with van der Waals surface area (Å²) in [5, 5.41) is 9.57. The molecule has 62 valence electrons. The lowest BCUT2D eigenvalue weighted by Crippen LogP contribution is -2.22. The predicted octanol–water partition coefficient (Wildman–Crippen LogP) is 1.81. The van der Waals surface area contributed by atoms with Gasteiger partial charge in [0.15, 0.2) is 0 Å². The summed E-state index contributed by atoms with van der Waals surface area (Å²) in [5.41, 5.74) is 0.387. The van der Waals surface area contributed by atoms with Crippen LogP contribution in [0.3, 0.4) is 0 Å². The molecule has 0 atom stereocenters. The molecule has 0 aromatic carbocycles. The second kappa shape index (κ2) is 2.99. The van der Waals surface area contributed by atoms with Crippen LogP contribution in [0.4, 0.5) is 0 Å². The Labute approximate surface area is 71.4 Å². The van der Waals surface area contributed by atoms with E-state index in [4.69, 9.17) is 0 Å². The van der Waals surface area contributed by atoms with E-state index in [9.17, 15) is 5.11 Å². The van der Waals surface area contributed by atoms with Crippen molar-refractivity contribution in [3.8, 4) is 0 Å². The van der Waals surface area contributed by atoms with Crippen LogP contribution in [0.2, 0.25) is 0 Å². The van der Waals surface area contributed by atoms with Crippen LogP contribution >= 0.6 is 11.8 Å². The van der Waals surface area contributed by atoms with E-state index in [1.54, 1.807) is 31.8 Å². The minimum atomic E-state index is -0.727. The van der Waals surface area contributed by atoms with Gasteiger partial charge in [-0.15, -0.1) is 11.8 Å². The minimum Gasteiger partial charge on any atom is -0.385 e. The third-order valence-corrected chi connectivity index (χ3v) is 2.92. The number of hydrogen-bond donors (Lipinski definition) is 1. The van der Waals surface area contributed by atoms with Gasteiger partial charge in [-0.2, -0.15) is 0 Å². The van der Waals surface area contributed by atoms with Crippen LogP contribution in [0.1, 0.15) is 20.8 Å². The fourth-order valence-corrected chi connectivity index (χ4v) is 1.68. The molecule has 1 N–H and O–H groups in total. The summed E-state index contributed by atoms with van der Waals surface area (Å²) in [5.74, 6) is 0.899. The van der Waals surface area contributed by atoms with Gasteiger partial charge in [-0.1, -0.05) is 0 Å². The minimum absolute atomic E-state index is 0.727. The molecule has 2 nitrogen and oxygen atoms in total. The van der Waals surface area contributed by atoms with Crippen LogP contribution in [0.15, 0.2) is 16.1 Å². The highest BCUT2D eigenvalue weighted by Crippen LogP contribution is 2.29. The van der Waals surface area contributed by atoms with Crippen LogP contribution < -0.4 is 0 Å². The van der Waals surface area contributed by atoms with E-state index in [1.165, 1.54) is 0 Å². The zero-order valence-electron chi connectivity index (χ0n) is 7.09. The Kier molecular flexibility index (Phi) is 2.40. The van der Waals surface area contributed by atoms with Gasteiger partial charge in [0.1, 0.15) is 0 Å². The van der Waals surface area contributed by atoms with Crippen molar-refractivity contribution in [1.82, 2.24) is 0 Å². The number of thioether (sulfide) groups is 1. The summed E-state index contributed by atoms with van der Waals surface area (Å²) in [6, 6.07) is 0. The molecule has 0 spiro atoms. The van der Waals surface area contributed by atoms with Crippen LogP contribution in [-0.2, 0) is 0 Å². The molecule has 0 amide bonds. The lowest BCUT2D eigenvalue weighted by molar-refractivity contribution is 0.129. The largest absolute Gasteiger partial charge is 0.385 e. The maximum atomic E-state index is 9.57. The number of nitrogens with zero attached hydrogens (tertiary/aromatic N) is 1. The molecule has 0 fully saturated rings. The van der Waals surface area contributed by atoms with E-state index in [2.05, 4.69) is 4.99 Å². The molecular formula is C8H13NOS. The zero-order valence-corrected chi connectivity index (χ0v) is 7.90. The van der Waals surface area contributed by atoms with E-state index in [1.807, 2.05) is 6.92 Å². The van der Waals surface area contributed by atoms with Crippen LogP contribution in [0, 0.1) is 0 Å². The first kappa shape index (κ1) is 8.81. The average Bonchev–Trinajstić information content (AvgIpc) is 1.86. The van der Waals surface area contributed by atoms with Crippen molar-refractivity contribution < 1.29 is 5.11 Å². The predicted molar refractivity (Wildman–Crippen MR) is 49.9 cm³/mol. The van der Waals surface area contributed by atoms with Crippen molar-refractivity contribution in [2.24, 2.45) is 4.99 Å². The molecule has 1 heterocycles. The first-order valence-corrected chi connectivity index (χ1v) is 4.58. The molecular weight excluding hydrogens is 158 g/mol. The summed E-state index contributed by atoms with van der Waals surface area (Å²) < 4.78 is 0. The summed E-state index contributed by atoms with van der Waals surface area (Å²) >= 11 is 1.66. The van der Waals surface area contributed by atoms with Gasteiger partial charge in [-0.3, -0.25) is 4.99 Å². The molecule has 3 heteroatoms. The highest BCUT2D eigenvalue weighted by atomic mass is 32.2. The molecule has 0 aromatic heterocycles. The standard InChI is InChI=1S/C8H13NOS/c1-6-5-11-7(4-9-6)8(2,3)10/h4,10H,5H2,1-3H3. The maximum absolute atomic E-state index is 9.57. The van der Waals surface area contributed by atoms with Gasteiger partial charge in [0.2, 0.25) is 0 Å². The quantitative estimate of drug-likeness (QED) is 0.652. The first-order valence-electron chi connectivity index (χ1n) is 3.59.